The minimum Gasteiger partial charge on any atom is -0.477 e. The molecule has 2 amide bonds. The number of carbonyl (C=O) groups is 3. The lowest BCUT2D eigenvalue weighted by Gasteiger charge is -2.08. The summed E-state index contributed by atoms with van der Waals surface area (Å²) in [7, 11) is 0. The average Bonchev–Trinajstić information content (AvgIpc) is 2.45. The van der Waals surface area contributed by atoms with Crippen molar-refractivity contribution in [3.63, 3.8) is 0 Å². The van der Waals surface area contributed by atoms with E-state index in [1.165, 1.54) is 18.2 Å². The van der Waals surface area contributed by atoms with Gasteiger partial charge in [-0.1, -0.05) is 19.9 Å². The van der Waals surface area contributed by atoms with Gasteiger partial charge in [-0.3, -0.25) is 9.59 Å². The number of aromatic carboxylic acids is 1. The van der Waals surface area contributed by atoms with Gasteiger partial charge in [-0.25, -0.2) is 9.78 Å². The number of hydrogen-bond acceptors (Lipinski definition) is 4. The van der Waals surface area contributed by atoms with E-state index in [0.29, 0.717) is 12.5 Å². The SMILES string of the molecule is CC(C)CNC(=O)CCNC(=O)c1cccc(C(=O)O)n1. The Morgan fingerprint density at radius 3 is 2.48 bits per heavy atom. The first-order chi connectivity index (χ1) is 9.90. The van der Waals surface area contributed by atoms with E-state index in [1.807, 2.05) is 13.8 Å². The van der Waals surface area contributed by atoms with Crippen LogP contribution in [0.2, 0.25) is 0 Å². The van der Waals surface area contributed by atoms with E-state index in [0.717, 1.165) is 0 Å². The van der Waals surface area contributed by atoms with Gasteiger partial charge in [-0.2, -0.15) is 0 Å². The van der Waals surface area contributed by atoms with Gasteiger partial charge in [0.2, 0.25) is 5.91 Å². The van der Waals surface area contributed by atoms with Crippen LogP contribution in [-0.2, 0) is 4.79 Å². The molecular formula is C14H19N3O4. The Morgan fingerprint density at radius 2 is 1.86 bits per heavy atom. The third-order valence-corrected chi connectivity index (χ3v) is 2.55. The third-order valence-electron chi connectivity index (χ3n) is 2.55. The highest BCUT2D eigenvalue weighted by Crippen LogP contribution is 1.99. The van der Waals surface area contributed by atoms with Gasteiger partial charge in [0.1, 0.15) is 11.4 Å². The van der Waals surface area contributed by atoms with E-state index < -0.39 is 11.9 Å². The number of carboxylic acids is 1. The molecule has 1 rings (SSSR count). The van der Waals surface area contributed by atoms with Crippen molar-refractivity contribution in [3.05, 3.63) is 29.6 Å². The molecule has 0 saturated heterocycles. The van der Waals surface area contributed by atoms with E-state index in [-0.39, 0.29) is 30.3 Å². The minimum absolute atomic E-state index is 0.0116. The highest BCUT2D eigenvalue weighted by Gasteiger charge is 2.11. The summed E-state index contributed by atoms with van der Waals surface area (Å²) >= 11 is 0. The van der Waals surface area contributed by atoms with E-state index >= 15 is 0 Å². The molecular weight excluding hydrogens is 274 g/mol. The second-order valence-corrected chi connectivity index (χ2v) is 4.92. The van der Waals surface area contributed by atoms with E-state index in [4.69, 9.17) is 5.11 Å². The Balaban J connectivity index is 2.42. The number of carboxylic acid groups (broad SMARTS) is 1. The summed E-state index contributed by atoms with van der Waals surface area (Å²) in [6.07, 6.45) is 0.164. The molecule has 21 heavy (non-hydrogen) atoms. The molecule has 0 aromatic carbocycles. The summed E-state index contributed by atoms with van der Waals surface area (Å²) < 4.78 is 0. The average molecular weight is 293 g/mol. The number of pyridine rings is 1. The van der Waals surface area contributed by atoms with Gasteiger partial charge in [-0.05, 0) is 18.1 Å². The zero-order valence-corrected chi connectivity index (χ0v) is 12.0. The molecule has 0 aliphatic carbocycles. The number of nitrogens with one attached hydrogen (secondary N) is 2. The van der Waals surface area contributed by atoms with Crippen molar-refractivity contribution in [1.29, 1.82) is 0 Å². The maximum absolute atomic E-state index is 11.8. The van der Waals surface area contributed by atoms with E-state index in [1.54, 1.807) is 0 Å². The molecule has 0 saturated carbocycles. The van der Waals surface area contributed by atoms with Gasteiger partial charge in [0.25, 0.3) is 5.91 Å². The number of nitrogens with zero attached hydrogens (tertiary/aromatic N) is 1. The highest BCUT2D eigenvalue weighted by molar-refractivity contribution is 5.94. The van der Waals surface area contributed by atoms with E-state index in [2.05, 4.69) is 15.6 Å². The summed E-state index contributed by atoms with van der Waals surface area (Å²) in [5.74, 6) is -1.48. The molecule has 0 aliphatic heterocycles. The second kappa shape index (κ2) is 7.98. The van der Waals surface area contributed by atoms with Crippen LogP contribution >= 0.6 is 0 Å². The Kier molecular flexibility index (Phi) is 6.32. The number of aromatic nitrogens is 1. The van der Waals surface area contributed by atoms with Crippen LogP contribution < -0.4 is 10.6 Å². The molecule has 114 valence electrons. The normalized spacial score (nSPS) is 10.2. The Morgan fingerprint density at radius 1 is 1.19 bits per heavy atom. The van der Waals surface area contributed by atoms with Gasteiger partial charge in [0.05, 0.1) is 0 Å². The fourth-order valence-corrected chi connectivity index (χ4v) is 1.47. The third kappa shape index (κ3) is 6.03. The molecule has 7 nitrogen and oxygen atoms in total. The lowest BCUT2D eigenvalue weighted by Crippen LogP contribution is -2.32. The predicted octanol–water partition coefficient (Wildman–Crippen LogP) is 0.672. The maximum Gasteiger partial charge on any atom is 0.354 e. The van der Waals surface area contributed by atoms with Gasteiger partial charge >= 0.3 is 5.97 Å². The fraction of sp³-hybridized carbons (Fsp3) is 0.429. The molecule has 0 bridgehead atoms. The fourth-order valence-electron chi connectivity index (χ4n) is 1.47. The highest BCUT2D eigenvalue weighted by atomic mass is 16.4. The smallest absolute Gasteiger partial charge is 0.354 e. The lowest BCUT2D eigenvalue weighted by molar-refractivity contribution is -0.121. The summed E-state index contributed by atoms with van der Waals surface area (Å²) in [6.45, 7) is 4.74. The van der Waals surface area contributed by atoms with Gasteiger partial charge in [0.15, 0.2) is 0 Å². The number of hydrogen-bond donors (Lipinski definition) is 3. The molecule has 0 fully saturated rings. The zero-order valence-electron chi connectivity index (χ0n) is 12.0. The summed E-state index contributed by atoms with van der Waals surface area (Å²) in [5, 5.41) is 14.1. The van der Waals surface area contributed by atoms with Crippen LogP contribution in [0, 0.1) is 5.92 Å². The molecule has 0 atom stereocenters. The molecule has 7 heteroatoms. The van der Waals surface area contributed by atoms with Crippen LogP contribution in [-0.4, -0.2) is 41.0 Å². The number of carbonyl (C=O) groups excluding carboxylic acids is 2. The van der Waals surface area contributed by atoms with Crippen LogP contribution in [0.5, 0.6) is 0 Å². The first-order valence-electron chi connectivity index (χ1n) is 6.65. The second-order valence-electron chi connectivity index (χ2n) is 4.92. The largest absolute Gasteiger partial charge is 0.477 e. The molecule has 0 aliphatic rings. The minimum atomic E-state index is -1.20. The van der Waals surface area contributed by atoms with Gasteiger partial charge in [0, 0.05) is 19.5 Å². The van der Waals surface area contributed by atoms with E-state index in [9.17, 15) is 14.4 Å². The zero-order chi connectivity index (χ0) is 15.8. The summed E-state index contributed by atoms with van der Waals surface area (Å²) in [6, 6.07) is 4.17. The monoisotopic (exact) mass is 293 g/mol. The summed E-state index contributed by atoms with van der Waals surface area (Å²) in [4.78, 5) is 37.7. The van der Waals surface area contributed by atoms with Crippen molar-refractivity contribution in [3.8, 4) is 0 Å². The molecule has 1 heterocycles. The molecule has 1 aromatic heterocycles. The molecule has 0 spiro atoms. The Labute approximate surface area is 122 Å². The molecule has 0 radical (unpaired) electrons. The first-order valence-corrected chi connectivity index (χ1v) is 6.65. The van der Waals surface area contributed by atoms with Crippen LogP contribution in [0.25, 0.3) is 0 Å². The van der Waals surface area contributed by atoms with Crippen molar-refractivity contribution < 1.29 is 19.5 Å². The van der Waals surface area contributed by atoms with Crippen LogP contribution in [0.1, 0.15) is 41.2 Å². The summed E-state index contributed by atoms with van der Waals surface area (Å²) in [5.41, 5.74) is -0.185. The molecule has 0 unspecified atom stereocenters. The predicted molar refractivity (Wildman–Crippen MR) is 76.0 cm³/mol. The van der Waals surface area contributed by atoms with Crippen LogP contribution in [0.3, 0.4) is 0 Å². The maximum atomic E-state index is 11.8. The number of rotatable bonds is 7. The van der Waals surface area contributed by atoms with Crippen molar-refractivity contribution in [2.75, 3.05) is 13.1 Å². The van der Waals surface area contributed by atoms with Gasteiger partial charge in [-0.15, -0.1) is 0 Å². The standard InChI is InChI=1S/C14H19N3O4/c1-9(2)8-16-12(18)6-7-15-13(19)10-4-3-5-11(17-10)14(20)21/h3-5,9H,6-8H2,1-2H3,(H,15,19)(H,16,18)(H,20,21). The topological polar surface area (TPSA) is 108 Å². The van der Waals surface area contributed by atoms with Crippen molar-refractivity contribution in [2.45, 2.75) is 20.3 Å². The van der Waals surface area contributed by atoms with Crippen molar-refractivity contribution in [2.24, 2.45) is 5.92 Å². The number of amides is 2. The quantitative estimate of drug-likeness (QED) is 0.684. The Hall–Kier alpha value is -2.44. The van der Waals surface area contributed by atoms with Crippen LogP contribution in [0.4, 0.5) is 0 Å². The van der Waals surface area contributed by atoms with Crippen molar-refractivity contribution >= 4 is 17.8 Å². The Bertz CT molecular complexity index is 529. The van der Waals surface area contributed by atoms with Gasteiger partial charge < -0.3 is 15.7 Å². The van der Waals surface area contributed by atoms with Crippen LogP contribution in [0.15, 0.2) is 18.2 Å². The first kappa shape index (κ1) is 16.6. The lowest BCUT2D eigenvalue weighted by atomic mass is 10.2. The molecule has 1 aromatic rings. The van der Waals surface area contributed by atoms with Crippen molar-refractivity contribution in [1.82, 2.24) is 15.6 Å². The molecule has 3 N–H and O–H groups in total.